The van der Waals surface area contributed by atoms with E-state index >= 15 is 0 Å². The SMILES string of the molecule is C=CCC1CCC(CCC2=CCC(CCCCC)CC2)CC1. The Balaban J connectivity index is 1.59. The summed E-state index contributed by atoms with van der Waals surface area (Å²) in [5.74, 6) is 2.97. The van der Waals surface area contributed by atoms with Crippen LogP contribution in [0.2, 0.25) is 0 Å². The molecule has 0 aromatic rings. The van der Waals surface area contributed by atoms with Crippen molar-refractivity contribution in [2.75, 3.05) is 0 Å². The largest absolute Gasteiger partial charge is 0.103 e. The molecule has 1 unspecified atom stereocenters. The van der Waals surface area contributed by atoms with Crippen molar-refractivity contribution in [1.82, 2.24) is 0 Å². The van der Waals surface area contributed by atoms with Crippen molar-refractivity contribution in [1.29, 1.82) is 0 Å². The molecular formula is C22H38. The predicted molar refractivity (Wildman–Crippen MR) is 99.1 cm³/mol. The van der Waals surface area contributed by atoms with Gasteiger partial charge in [-0.05, 0) is 69.1 Å². The molecule has 2 aliphatic carbocycles. The zero-order chi connectivity index (χ0) is 15.6. The van der Waals surface area contributed by atoms with Crippen LogP contribution < -0.4 is 0 Å². The predicted octanol–water partition coefficient (Wildman–Crippen LogP) is 7.46. The molecule has 0 heteroatoms. The van der Waals surface area contributed by atoms with Gasteiger partial charge in [-0.15, -0.1) is 6.58 Å². The summed E-state index contributed by atoms with van der Waals surface area (Å²) < 4.78 is 0. The first-order chi connectivity index (χ1) is 10.8. The molecule has 1 fully saturated rings. The van der Waals surface area contributed by atoms with Crippen molar-refractivity contribution in [2.24, 2.45) is 17.8 Å². The smallest absolute Gasteiger partial charge is 0.0318 e. The molecule has 22 heavy (non-hydrogen) atoms. The first kappa shape index (κ1) is 17.8. The van der Waals surface area contributed by atoms with Crippen molar-refractivity contribution < 1.29 is 0 Å². The molecule has 126 valence electrons. The molecule has 0 heterocycles. The highest BCUT2D eigenvalue weighted by Crippen LogP contribution is 2.36. The van der Waals surface area contributed by atoms with Gasteiger partial charge in [0.15, 0.2) is 0 Å². The quantitative estimate of drug-likeness (QED) is 0.306. The monoisotopic (exact) mass is 302 g/mol. The highest BCUT2D eigenvalue weighted by molar-refractivity contribution is 5.06. The van der Waals surface area contributed by atoms with Gasteiger partial charge in [0, 0.05) is 0 Å². The van der Waals surface area contributed by atoms with Gasteiger partial charge in [-0.1, -0.05) is 63.2 Å². The lowest BCUT2D eigenvalue weighted by Crippen LogP contribution is -2.14. The molecule has 1 saturated carbocycles. The minimum Gasteiger partial charge on any atom is -0.103 e. The topological polar surface area (TPSA) is 0 Å². The summed E-state index contributed by atoms with van der Waals surface area (Å²) in [5.41, 5.74) is 1.79. The van der Waals surface area contributed by atoms with Gasteiger partial charge in [-0.3, -0.25) is 0 Å². The summed E-state index contributed by atoms with van der Waals surface area (Å²) in [7, 11) is 0. The van der Waals surface area contributed by atoms with Crippen LogP contribution in [-0.2, 0) is 0 Å². The van der Waals surface area contributed by atoms with Crippen LogP contribution in [0, 0.1) is 17.8 Å². The number of hydrogen-bond acceptors (Lipinski definition) is 0. The van der Waals surface area contributed by atoms with Crippen LogP contribution in [0.25, 0.3) is 0 Å². The summed E-state index contributed by atoms with van der Waals surface area (Å²) in [5, 5.41) is 0. The number of allylic oxidation sites excluding steroid dienone is 3. The Hall–Kier alpha value is -0.520. The van der Waals surface area contributed by atoms with Crippen LogP contribution in [0.4, 0.5) is 0 Å². The Labute approximate surface area is 139 Å². The minimum absolute atomic E-state index is 0.950. The molecule has 1 atom stereocenters. The van der Waals surface area contributed by atoms with Crippen LogP contribution in [0.15, 0.2) is 24.3 Å². The Kier molecular flexibility index (Phi) is 8.34. The van der Waals surface area contributed by atoms with E-state index in [0.717, 1.165) is 17.8 Å². The van der Waals surface area contributed by atoms with Crippen molar-refractivity contribution in [3.8, 4) is 0 Å². The molecular weight excluding hydrogens is 264 g/mol. The van der Waals surface area contributed by atoms with E-state index in [4.69, 9.17) is 0 Å². The van der Waals surface area contributed by atoms with Gasteiger partial charge in [0.05, 0.1) is 0 Å². The van der Waals surface area contributed by atoms with Crippen molar-refractivity contribution in [3.63, 3.8) is 0 Å². The zero-order valence-corrected chi connectivity index (χ0v) is 15.0. The molecule has 0 aliphatic heterocycles. The molecule has 2 aliphatic rings. The van der Waals surface area contributed by atoms with E-state index in [2.05, 4.69) is 25.7 Å². The standard InChI is InChI=1S/C22H38/c1-3-5-6-8-20-11-15-22(16-12-20)18-17-21-13-9-19(7-4-2)10-14-21/h4,15,19-21H,2-3,5-14,16-18H2,1H3. The molecule has 0 nitrogen and oxygen atoms in total. The number of rotatable bonds is 9. The van der Waals surface area contributed by atoms with Crippen molar-refractivity contribution in [3.05, 3.63) is 24.3 Å². The maximum absolute atomic E-state index is 3.89. The third-order valence-corrected chi connectivity index (χ3v) is 6.17. The fraction of sp³-hybridized carbons (Fsp3) is 0.818. The normalized spacial score (nSPS) is 29.1. The molecule has 0 N–H and O–H groups in total. The summed E-state index contributed by atoms with van der Waals surface area (Å²) >= 11 is 0. The summed E-state index contributed by atoms with van der Waals surface area (Å²) in [6.07, 6.45) is 24.7. The third-order valence-electron chi connectivity index (χ3n) is 6.17. The second kappa shape index (κ2) is 10.3. The second-order valence-corrected chi connectivity index (χ2v) is 7.95. The van der Waals surface area contributed by atoms with Gasteiger partial charge in [0.1, 0.15) is 0 Å². The Morgan fingerprint density at radius 2 is 1.77 bits per heavy atom. The molecule has 0 aromatic carbocycles. The summed E-state index contributed by atoms with van der Waals surface area (Å²) in [6, 6.07) is 0. The summed E-state index contributed by atoms with van der Waals surface area (Å²) in [4.78, 5) is 0. The highest BCUT2D eigenvalue weighted by atomic mass is 14.3. The van der Waals surface area contributed by atoms with E-state index in [9.17, 15) is 0 Å². The lowest BCUT2D eigenvalue weighted by atomic mass is 9.77. The Morgan fingerprint density at radius 1 is 1.00 bits per heavy atom. The fourth-order valence-electron chi connectivity index (χ4n) is 4.50. The van der Waals surface area contributed by atoms with E-state index in [1.165, 1.54) is 89.9 Å². The second-order valence-electron chi connectivity index (χ2n) is 7.95. The van der Waals surface area contributed by atoms with Gasteiger partial charge >= 0.3 is 0 Å². The average molecular weight is 303 g/mol. The lowest BCUT2D eigenvalue weighted by molar-refractivity contribution is 0.263. The highest BCUT2D eigenvalue weighted by Gasteiger charge is 2.21. The first-order valence-electron chi connectivity index (χ1n) is 10.1. The molecule has 0 radical (unpaired) electrons. The third kappa shape index (κ3) is 6.31. The number of unbranched alkanes of at least 4 members (excludes halogenated alkanes) is 2. The maximum Gasteiger partial charge on any atom is -0.0318 e. The molecule has 0 saturated heterocycles. The van der Waals surface area contributed by atoms with Crippen LogP contribution in [-0.4, -0.2) is 0 Å². The Morgan fingerprint density at radius 3 is 2.41 bits per heavy atom. The molecule has 0 amide bonds. The van der Waals surface area contributed by atoms with Crippen LogP contribution in [0.3, 0.4) is 0 Å². The van der Waals surface area contributed by atoms with Crippen LogP contribution in [0.1, 0.15) is 96.8 Å². The van der Waals surface area contributed by atoms with E-state index in [0.29, 0.717) is 0 Å². The maximum atomic E-state index is 3.89. The molecule has 0 aromatic heterocycles. The minimum atomic E-state index is 0.950. The van der Waals surface area contributed by atoms with Crippen molar-refractivity contribution >= 4 is 0 Å². The van der Waals surface area contributed by atoms with Gasteiger partial charge in [-0.25, -0.2) is 0 Å². The Bertz CT molecular complexity index is 330. The van der Waals surface area contributed by atoms with Gasteiger partial charge < -0.3 is 0 Å². The molecule has 0 spiro atoms. The van der Waals surface area contributed by atoms with Crippen LogP contribution in [0.5, 0.6) is 0 Å². The average Bonchev–Trinajstić information content (AvgIpc) is 2.56. The first-order valence-corrected chi connectivity index (χ1v) is 10.1. The van der Waals surface area contributed by atoms with Gasteiger partial charge in [0.2, 0.25) is 0 Å². The van der Waals surface area contributed by atoms with E-state index < -0.39 is 0 Å². The summed E-state index contributed by atoms with van der Waals surface area (Å²) in [6.45, 7) is 6.20. The van der Waals surface area contributed by atoms with Crippen LogP contribution >= 0.6 is 0 Å². The fourth-order valence-corrected chi connectivity index (χ4v) is 4.50. The van der Waals surface area contributed by atoms with Gasteiger partial charge in [-0.2, -0.15) is 0 Å². The number of hydrogen-bond donors (Lipinski definition) is 0. The zero-order valence-electron chi connectivity index (χ0n) is 15.0. The van der Waals surface area contributed by atoms with E-state index in [-0.39, 0.29) is 0 Å². The van der Waals surface area contributed by atoms with Crippen molar-refractivity contribution in [2.45, 2.75) is 96.8 Å². The molecule has 0 bridgehead atoms. The lowest BCUT2D eigenvalue weighted by Gasteiger charge is -2.29. The van der Waals surface area contributed by atoms with E-state index in [1.807, 2.05) is 0 Å². The molecule has 2 rings (SSSR count). The van der Waals surface area contributed by atoms with Gasteiger partial charge in [0.25, 0.3) is 0 Å². The van der Waals surface area contributed by atoms with E-state index in [1.54, 1.807) is 5.57 Å².